The van der Waals surface area contributed by atoms with Crippen LogP contribution < -0.4 is 4.74 Å². The van der Waals surface area contributed by atoms with Gasteiger partial charge in [0.05, 0.1) is 19.1 Å². The van der Waals surface area contributed by atoms with E-state index < -0.39 is 0 Å². The van der Waals surface area contributed by atoms with E-state index in [1.165, 1.54) is 7.11 Å². The van der Waals surface area contributed by atoms with E-state index in [0.717, 1.165) is 10.7 Å². The fourth-order valence-electron chi connectivity index (χ4n) is 1.91. The SMILES string of the molecule is COc1cccc(-c2nc(Cc3nc(C)cs3)no2)c1O. The zero-order valence-corrected chi connectivity index (χ0v) is 12.3. The van der Waals surface area contributed by atoms with E-state index in [4.69, 9.17) is 9.26 Å². The fraction of sp³-hybridized carbons (Fsp3) is 0.214. The standard InChI is InChI=1S/C14H13N3O3S/c1-8-7-21-12(15-8)6-11-16-14(20-17-11)9-4-3-5-10(19-2)13(9)18/h3-5,7,18H,6H2,1-2H3. The van der Waals surface area contributed by atoms with Gasteiger partial charge >= 0.3 is 0 Å². The zero-order chi connectivity index (χ0) is 14.8. The number of para-hydroxylation sites is 1. The number of rotatable bonds is 4. The molecular formula is C14H13N3O3S. The van der Waals surface area contributed by atoms with Crippen molar-refractivity contribution in [1.29, 1.82) is 0 Å². The molecule has 108 valence electrons. The van der Waals surface area contributed by atoms with Crippen molar-refractivity contribution >= 4 is 11.3 Å². The van der Waals surface area contributed by atoms with Gasteiger partial charge < -0.3 is 14.4 Å². The molecule has 0 unspecified atom stereocenters. The molecule has 0 aliphatic heterocycles. The first-order chi connectivity index (χ1) is 10.2. The van der Waals surface area contributed by atoms with Gasteiger partial charge in [-0.25, -0.2) is 4.98 Å². The first-order valence-corrected chi connectivity index (χ1v) is 7.15. The maximum Gasteiger partial charge on any atom is 0.261 e. The van der Waals surface area contributed by atoms with Gasteiger partial charge in [0.2, 0.25) is 0 Å². The first kappa shape index (κ1) is 13.6. The quantitative estimate of drug-likeness (QED) is 0.798. The predicted molar refractivity (Wildman–Crippen MR) is 77.6 cm³/mol. The van der Waals surface area contributed by atoms with Crippen LogP contribution >= 0.6 is 11.3 Å². The lowest BCUT2D eigenvalue weighted by Crippen LogP contribution is -1.90. The molecule has 2 heterocycles. The van der Waals surface area contributed by atoms with Gasteiger partial charge in [0, 0.05) is 11.1 Å². The number of aryl methyl sites for hydroxylation is 1. The summed E-state index contributed by atoms with van der Waals surface area (Å²) in [6.45, 7) is 1.94. The van der Waals surface area contributed by atoms with Crippen molar-refractivity contribution < 1.29 is 14.4 Å². The Morgan fingerprint density at radius 2 is 2.19 bits per heavy atom. The van der Waals surface area contributed by atoms with Crippen LogP contribution in [0, 0.1) is 6.92 Å². The number of hydrogen-bond acceptors (Lipinski definition) is 7. The summed E-state index contributed by atoms with van der Waals surface area (Å²) in [6, 6.07) is 5.11. The van der Waals surface area contributed by atoms with E-state index in [1.807, 2.05) is 12.3 Å². The summed E-state index contributed by atoms with van der Waals surface area (Å²) in [5, 5.41) is 16.9. The van der Waals surface area contributed by atoms with Crippen LogP contribution in [0.25, 0.3) is 11.5 Å². The molecule has 0 aliphatic rings. The molecule has 0 aliphatic carbocycles. The number of nitrogens with zero attached hydrogens (tertiary/aromatic N) is 3. The minimum absolute atomic E-state index is 0.0136. The number of aromatic nitrogens is 3. The molecule has 7 heteroatoms. The Bertz CT molecular complexity index is 766. The first-order valence-electron chi connectivity index (χ1n) is 6.27. The highest BCUT2D eigenvalue weighted by Gasteiger charge is 2.16. The van der Waals surface area contributed by atoms with E-state index in [1.54, 1.807) is 29.5 Å². The molecule has 2 aromatic heterocycles. The van der Waals surface area contributed by atoms with E-state index >= 15 is 0 Å². The van der Waals surface area contributed by atoms with Crippen LogP contribution in [0.5, 0.6) is 11.5 Å². The molecule has 0 saturated carbocycles. The van der Waals surface area contributed by atoms with Crippen LogP contribution in [-0.4, -0.2) is 27.3 Å². The van der Waals surface area contributed by atoms with Gasteiger partial charge in [0.1, 0.15) is 5.01 Å². The van der Waals surface area contributed by atoms with Crippen molar-refractivity contribution in [3.63, 3.8) is 0 Å². The lowest BCUT2D eigenvalue weighted by atomic mass is 10.2. The molecule has 0 amide bonds. The Balaban J connectivity index is 1.88. The van der Waals surface area contributed by atoms with Gasteiger partial charge in [-0.05, 0) is 19.1 Å². The summed E-state index contributed by atoms with van der Waals surface area (Å²) >= 11 is 1.56. The Morgan fingerprint density at radius 1 is 1.33 bits per heavy atom. The Labute approximate surface area is 125 Å². The monoisotopic (exact) mass is 303 g/mol. The van der Waals surface area contributed by atoms with Crippen molar-refractivity contribution in [2.45, 2.75) is 13.3 Å². The highest BCUT2D eigenvalue weighted by atomic mass is 32.1. The molecule has 0 spiro atoms. The molecule has 6 nitrogen and oxygen atoms in total. The summed E-state index contributed by atoms with van der Waals surface area (Å²) in [5.74, 6) is 1.14. The molecule has 0 saturated heterocycles. The van der Waals surface area contributed by atoms with Gasteiger partial charge in [0.25, 0.3) is 5.89 Å². The van der Waals surface area contributed by atoms with E-state index in [0.29, 0.717) is 23.6 Å². The molecule has 21 heavy (non-hydrogen) atoms. The minimum atomic E-state index is -0.0136. The summed E-state index contributed by atoms with van der Waals surface area (Å²) in [5.41, 5.74) is 1.42. The molecule has 1 aromatic carbocycles. The number of phenols is 1. The second kappa shape index (κ2) is 5.53. The lowest BCUT2D eigenvalue weighted by molar-refractivity contribution is 0.371. The Hall–Kier alpha value is -2.41. The average molecular weight is 303 g/mol. The Morgan fingerprint density at radius 3 is 2.90 bits per heavy atom. The number of ether oxygens (including phenoxy) is 1. The van der Waals surface area contributed by atoms with Crippen molar-refractivity contribution in [3.8, 4) is 23.0 Å². The van der Waals surface area contributed by atoms with Gasteiger partial charge in [-0.1, -0.05) is 11.2 Å². The van der Waals surface area contributed by atoms with E-state index in [2.05, 4.69) is 15.1 Å². The minimum Gasteiger partial charge on any atom is -0.504 e. The number of methoxy groups -OCH3 is 1. The third kappa shape index (κ3) is 2.73. The largest absolute Gasteiger partial charge is 0.504 e. The van der Waals surface area contributed by atoms with Crippen LogP contribution in [0.4, 0.5) is 0 Å². The van der Waals surface area contributed by atoms with Crippen molar-refractivity contribution in [2.75, 3.05) is 7.11 Å². The highest BCUT2D eigenvalue weighted by Crippen LogP contribution is 2.35. The molecule has 1 N–H and O–H groups in total. The molecule has 0 fully saturated rings. The molecule has 0 radical (unpaired) electrons. The van der Waals surface area contributed by atoms with Crippen LogP contribution in [-0.2, 0) is 6.42 Å². The van der Waals surface area contributed by atoms with Crippen LogP contribution in [0.15, 0.2) is 28.1 Å². The van der Waals surface area contributed by atoms with Crippen molar-refractivity contribution in [1.82, 2.24) is 15.1 Å². The summed E-state index contributed by atoms with van der Waals surface area (Å²) in [4.78, 5) is 8.65. The van der Waals surface area contributed by atoms with E-state index in [-0.39, 0.29) is 11.6 Å². The number of aromatic hydroxyl groups is 1. The number of hydrogen-bond donors (Lipinski definition) is 1. The molecule has 0 atom stereocenters. The van der Waals surface area contributed by atoms with Gasteiger partial charge in [-0.2, -0.15) is 4.98 Å². The maximum absolute atomic E-state index is 10.1. The topological polar surface area (TPSA) is 81.3 Å². The third-order valence-corrected chi connectivity index (χ3v) is 3.86. The Kier molecular flexibility index (Phi) is 3.57. The second-order valence-electron chi connectivity index (χ2n) is 4.43. The number of phenolic OH excluding ortho intramolecular Hbond substituents is 1. The molecule has 3 rings (SSSR count). The van der Waals surface area contributed by atoms with Gasteiger partial charge in [-0.3, -0.25) is 0 Å². The highest BCUT2D eigenvalue weighted by molar-refractivity contribution is 7.09. The molecular weight excluding hydrogens is 290 g/mol. The summed E-state index contributed by atoms with van der Waals surface area (Å²) in [6.07, 6.45) is 0.507. The van der Waals surface area contributed by atoms with Gasteiger partial charge in [0.15, 0.2) is 17.3 Å². The average Bonchev–Trinajstić information content (AvgIpc) is 3.09. The maximum atomic E-state index is 10.1. The van der Waals surface area contributed by atoms with Crippen LogP contribution in [0.2, 0.25) is 0 Å². The summed E-state index contributed by atoms with van der Waals surface area (Å²) < 4.78 is 10.3. The predicted octanol–water partition coefficient (Wildman–Crippen LogP) is 2.81. The van der Waals surface area contributed by atoms with Crippen molar-refractivity contribution in [2.24, 2.45) is 0 Å². The molecule has 3 aromatic rings. The number of benzene rings is 1. The van der Waals surface area contributed by atoms with E-state index in [9.17, 15) is 5.11 Å². The fourth-order valence-corrected chi connectivity index (χ4v) is 2.68. The normalized spacial score (nSPS) is 10.8. The number of thiazole rings is 1. The van der Waals surface area contributed by atoms with Crippen LogP contribution in [0.1, 0.15) is 16.5 Å². The summed E-state index contributed by atoms with van der Waals surface area (Å²) in [7, 11) is 1.49. The van der Waals surface area contributed by atoms with Crippen LogP contribution in [0.3, 0.4) is 0 Å². The second-order valence-corrected chi connectivity index (χ2v) is 5.37. The zero-order valence-electron chi connectivity index (χ0n) is 11.5. The molecule has 0 bridgehead atoms. The van der Waals surface area contributed by atoms with Crippen molar-refractivity contribution in [3.05, 3.63) is 40.1 Å². The third-order valence-electron chi connectivity index (χ3n) is 2.89. The lowest BCUT2D eigenvalue weighted by Gasteiger charge is -2.04. The smallest absolute Gasteiger partial charge is 0.261 e. The van der Waals surface area contributed by atoms with Gasteiger partial charge in [-0.15, -0.1) is 11.3 Å².